The van der Waals surface area contributed by atoms with Crippen LogP contribution in [0.25, 0.3) is 21.3 Å². The molecule has 0 bridgehead atoms. The van der Waals surface area contributed by atoms with Crippen LogP contribution in [0.3, 0.4) is 0 Å². The molecule has 1 heterocycles. The molecule has 11 nitrogen and oxygen atoms in total. The van der Waals surface area contributed by atoms with Crippen molar-refractivity contribution in [3.05, 3.63) is 47.2 Å². The van der Waals surface area contributed by atoms with Gasteiger partial charge in [-0.25, -0.2) is 22.6 Å². The Labute approximate surface area is 221 Å². The standard InChI is InChI=1S/C24H26FN5O6S2/c25-17-11-18-19(10-16(17)13-2-4-15(5-3-13)29-24(26)34)37-23(30-18)21(38(35,36)9-1-8-31)22(33)27-12-20(32)28-14-6-7-14/h2-5,10-11,14,21,31H,1,6-9,12H2,(H,27,33)(H,28,32)(H3,26,29,34). The second kappa shape index (κ2) is 11.4. The number of benzene rings is 2. The van der Waals surface area contributed by atoms with Crippen LogP contribution >= 0.6 is 11.3 Å². The monoisotopic (exact) mass is 563 g/mol. The predicted octanol–water partition coefficient (Wildman–Crippen LogP) is 1.83. The Balaban J connectivity index is 1.64. The number of fused-ring (bicyclic) bond motifs is 1. The number of halogens is 1. The maximum atomic E-state index is 15.0. The van der Waals surface area contributed by atoms with Gasteiger partial charge in [-0.1, -0.05) is 12.1 Å². The maximum Gasteiger partial charge on any atom is 0.316 e. The molecule has 14 heteroatoms. The van der Waals surface area contributed by atoms with Gasteiger partial charge in [0.2, 0.25) is 11.8 Å². The van der Waals surface area contributed by atoms with Crippen LogP contribution in [0.15, 0.2) is 36.4 Å². The Morgan fingerprint density at radius 3 is 2.53 bits per heavy atom. The van der Waals surface area contributed by atoms with E-state index in [0.717, 1.165) is 30.2 Å². The zero-order valence-electron chi connectivity index (χ0n) is 20.1. The van der Waals surface area contributed by atoms with Gasteiger partial charge in [0.05, 0.1) is 22.5 Å². The summed E-state index contributed by atoms with van der Waals surface area (Å²) in [4.78, 5) is 40.3. The zero-order chi connectivity index (χ0) is 27.4. The van der Waals surface area contributed by atoms with E-state index in [1.165, 1.54) is 6.07 Å². The van der Waals surface area contributed by atoms with Gasteiger partial charge >= 0.3 is 6.03 Å². The summed E-state index contributed by atoms with van der Waals surface area (Å²) >= 11 is 0.924. The quantitative estimate of drug-likeness (QED) is 0.236. The molecule has 1 saturated carbocycles. The van der Waals surface area contributed by atoms with E-state index in [2.05, 4.69) is 20.9 Å². The number of hydrogen-bond acceptors (Lipinski definition) is 8. The van der Waals surface area contributed by atoms with Crippen LogP contribution in [-0.2, 0) is 19.4 Å². The lowest BCUT2D eigenvalue weighted by molar-refractivity contribution is -0.126. The second-order valence-electron chi connectivity index (χ2n) is 8.80. The van der Waals surface area contributed by atoms with Crippen LogP contribution in [0.5, 0.6) is 0 Å². The van der Waals surface area contributed by atoms with Gasteiger partial charge in [-0.15, -0.1) is 11.3 Å². The van der Waals surface area contributed by atoms with Gasteiger partial charge in [-0.05, 0) is 43.0 Å². The number of nitrogens with zero attached hydrogens (tertiary/aromatic N) is 1. The number of nitrogens with two attached hydrogens (primary N) is 1. The third kappa shape index (κ3) is 6.62. The smallest absolute Gasteiger partial charge is 0.316 e. The van der Waals surface area contributed by atoms with E-state index >= 15 is 4.39 Å². The number of anilines is 1. The molecule has 2 aromatic carbocycles. The molecule has 6 N–H and O–H groups in total. The molecule has 38 heavy (non-hydrogen) atoms. The fourth-order valence-electron chi connectivity index (χ4n) is 3.75. The van der Waals surface area contributed by atoms with Crippen molar-refractivity contribution in [2.45, 2.75) is 30.6 Å². The minimum atomic E-state index is -4.12. The Hall–Kier alpha value is -3.62. The number of hydrogen-bond donors (Lipinski definition) is 5. The Bertz CT molecular complexity index is 1470. The highest BCUT2D eigenvalue weighted by atomic mass is 32.2. The molecule has 4 rings (SSSR count). The minimum Gasteiger partial charge on any atom is -0.396 e. The van der Waals surface area contributed by atoms with E-state index in [1.54, 1.807) is 24.3 Å². The van der Waals surface area contributed by atoms with Gasteiger partial charge in [0, 0.05) is 30.0 Å². The van der Waals surface area contributed by atoms with Gasteiger partial charge in [-0.3, -0.25) is 9.59 Å². The molecule has 0 spiro atoms. The summed E-state index contributed by atoms with van der Waals surface area (Å²) in [5, 5.41) is 14.8. The van der Waals surface area contributed by atoms with E-state index in [9.17, 15) is 22.8 Å². The van der Waals surface area contributed by atoms with E-state index in [0.29, 0.717) is 16.0 Å². The third-order valence-electron chi connectivity index (χ3n) is 5.73. The number of primary amides is 1. The maximum absolute atomic E-state index is 15.0. The van der Waals surface area contributed by atoms with Crippen LogP contribution in [0.4, 0.5) is 14.9 Å². The van der Waals surface area contributed by atoms with Crippen LogP contribution in [-0.4, -0.2) is 61.3 Å². The molecule has 0 radical (unpaired) electrons. The number of aliphatic hydroxyl groups excluding tert-OH is 1. The number of urea groups is 1. The first-order valence-electron chi connectivity index (χ1n) is 11.7. The lowest BCUT2D eigenvalue weighted by Gasteiger charge is -2.15. The Kier molecular flexibility index (Phi) is 8.23. The number of sulfone groups is 1. The Morgan fingerprint density at radius 2 is 1.89 bits per heavy atom. The van der Waals surface area contributed by atoms with Crippen molar-refractivity contribution in [3.8, 4) is 11.1 Å². The van der Waals surface area contributed by atoms with Crippen LogP contribution in [0.1, 0.15) is 29.5 Å². The van der Waals surface area contributed by atoms with Crippen molar-refractivity contribution in [1.82, 2.24) is 15.6 Å². The van der Waals surface area contributed by atoms with Crippen molar-refractivity contribution in [2.24, 2.45) is 5.73 Å². The third-order valence-corrected chi connectivity index (χ3v) is 8.98. The van der Waals surface area contributed by atoms with E-state index < -0.39 is 51.0 Å². The molecule has 0 saturated heterocycles. The molecular formula is C24H26FN5O6S2. The number of aliphatic hydroxyl groups is 1. The van der Waals surface area contributed by atoms with Crippen molar-refractivity contribution >= 4 is 54.9 Å². The number of nitrogens with one attached hydrogen (secondary N) is 3. The number of aromatic nitrogens is 1. The molecule has 1 aliphatic rings. The van der Waals surface area contributed by atoms with Gasteiger partial charge in [0.15, 0.2) is 15.1 Å². The lowest BCUT2D eigenvalue weighted by Crippen LogP contribution is -2.41. The van der Waals surface area contributed by atoms with Gasteiger partial charge in [0.1, 0.15) is 10.8 Å². The molecule has 4 amide bonds. The topological polar surface area (TPSA) is 181 Å². The summed E-state index contributed by atoms with van der Waals surface area (Å²) in [5.41, 5.74) is 6.39. The van der Waals surface area contributed by atoms with Gasteiger partial charge in [0.25, 0.3) is 0 Å². The first-order valence-corrected chi connectivity index (χ1v) is 14.3. The van der Waals surface area contributed by atoms with Crippen molar-refractivity contribution in [1.29, 1.82) is 0 Å². The second-order valence-corrected chi connectivity index (χ2v) is 12.1. The summed E-state index contributed by atoms with van der Waals surface area (Å²) in [5.74, 6) is -2.45. The number of carbonyl (C=O) groups excluding carboxylic acids is 3. The van der Waals surface area contributed by atoms with Crippen LogP contribution in [0, 0.1) is 5.82 Å². The SMILES string of the molecule is NC(=O)Nc1ccc(-c2cc3sc(C(C(=O)NCC(=O)NC4CC4)S(=O)(=O)CCCO)nc3cc2F)cc1. The van der Waals surface area contributed by atoms with Crippen LogP contribution in [0.2, 0.25) is 0 Å². The molecule has 0 aliphatic heterocycles. The minimum absolute atomic E-state index is 0.0735. The lowest BCUT2D eigenvalue weighted by atomic mass is 10.0. The van der Waals surface area contributed by atoms with Crippen molar-refractivity contribution in [2.75, 3.05) is 24.2 Å². The molecule has 3 aromatic rings. The van der Waals surface area contributed by atoms with Gasteiger partial charge < -0.3 is 26.8 Å². The first-order chi connectivity index (χ1) is 18.1. The summed E-state index contributed by atoms with van der Waals surface area (Å²) in [6.07, 6.45) is 1.63. The molecule has 1 aliphatic carbocycles. The molecule has 202 valence electrons. The average Bonchev–Trinajstić information content (AvgIpc) is 3.58. The molecule has 1 atom stereocenters. The molecule has 1 unspecified atom stereocenters. The van der Waals surface area contributed by atoms with Crippen LogP contribution < -0.4 is 21.7 Å². The summed E-state index contributed by atoms with van der Waals surface area (Å²) in [6.45, 7) is -0.787. The number of rotatable bonds is 11. The number of carbonyl (C=O) groups is 3. The van der Waals surface area contributed by atoms with E-state index in [-0.39, 0.29) is 35.2 Å². The summed E-state index contributed by atoms with van der Waals surface area (Å²) in [6, 6.07) is 8.26. The molecule has 1 fully saturated rings. The summed E-state index contributed by atoms with van der Waals surface area (Å²) < 4.78 is 41.6. The van der Waals surface area contributed by atoms with E-state index in [4.69, 9.17) is 10.8 Å². The largest absolute Gasteiger partial charge is 0.396 e. The highest BCUT2D eigenvalue weighted by Crippen LogP contribution is 2.36. The molecule has 1 aromatic heterocycles. The zero-order valence-corrected chi connectivity index (χ0v) is 21.7. The Morgan fingerprint density at radius 1 is 1.18 bits per heavy atom. The number of thiazole rings is 1. The van der Waals surface area contributed by atoms with E-state index in [1.807, 2.05) is 0 Å². The summed E-state index contributed by atoms with van der Waals surface area (Å²) in [7, 11) is -4.12. The van der Waals surface area contributed by atoms with Gasteiger partial charge in [-0.2, -0.15) is 0 Å². The fourth-order valence-corrected chi connectivity index (χ4v) is 6.84. The highest BCUT2D eigenvalue weighted by Gasteiger charge is 2.37. The normalized spacial score (nSPS) is 14.2. The molecular weight excluding hydrogens is 537 g/mol. The average molecular weight is 564 g/mol. The fraction of sp³-hybridized carbons (Fsp3) is 0.333. The van der Waals surface area contributed by atoms with Crippen molar-refractivity contribution < 1.29 is 32.3 Å². The number of amides is 4. The predicted molar refractivity (Wildman–Crippen MR) is 141 cm³/mol. The highest BCUT2D eigenvalue weighted by molar-refractivity contribution is 7.92. The first kappa shape index (κ1) is 27.4. The van der Waals surface area contributed by atoms with Crippen molar-refractivity contribution in [3.63, 3.8) is 0 Å².